The van der Waals surface area contributed by atoms with E-state index in [4.69, 9.17) is 18.9 Å². The third kappa shape index (κ3) is 17.2. The van der Waals surface area contributed by atoms with Crippen molar-refractivity contribution < 1.29 is 18.9 Å². The molecule has 4 heteroatoms. The van der Waals surface area contributed by atoms with E-state index in [2.05, 4.69) is 38.2 Å². The summed E-state index contributed by atoms with van der Waals surface area (Å²) < 4.78 is 22.0. The van der Waals surface area contributed by atoms with Gasteiger partial charge in [-0.15, -0.1) is 0 Å². The van der Waals surface area contributed by atoms with Crippen molar-refractivity contribution in [3.63, 3.8) is 0 Å². The Morgan fingerprint density at radius 2 is 1.44 bits per heavy atom. The molecule has 0 bridgehead atoms. The lowest BCUT2D eigenvalue weighted by atomic mass is 10.0. The molecule has 0 fully saturated rings. The van der Waals surface area contributed by atoms with Crippen LogP contribution in [0.3, 0.4) is 0 Å². The van der Waals surface area contributed by atoms with Gasteiger partial charge in [-0.2, -0.15) is 0 Å². The first-order valence-corrected chi connectivity index (χ1v) is 10.9. The van der Waals surface area contributed by atoms with Crippen molar-refractivity contribution in [2.45, 2.75) is 91.5 Å². The van der Waals surface area contributed by atoms with Crippen LogP contribution in [0.15, 0.2) is 24.3 Å². The Labute approximate surface area is 168 Å². The highest BCUT2D eigenvalue weighted by Crippen LogP contribution is 2.13. The number of allylic oxidation sites excluding steroid dienone is 3. The van der Waals surface area contributed by atoms with Crippen LogP contribution in [0.25, 0.3) is 0 Å². The van der Waals surface area contributed by atoms with Gasteiger partial charge < -0.3 is 18.9 Å². The molecule has 160 valence electrons. The summed E-state index contributed by atoms with van der Waals surface area (Å²) in [5.74, 6) is 0.628. The minimum Gasteiger partial charge on any atom is -0.359 e. The van der Waals surface area contributed by atoms with Crippen LogP contribution in [-0.2, 0) is 18.9 Å². The van der Waals surface area contributed by atoms with E-state index in [1.54, 1.807) is 7.11 Å². The smallest absolute Gasteiger partial charge is 0.157 e. The molecule has 0 amide bonds. The predicted octanol–water partition coefficient (Wildman–Crippen LogP) is 6.26. The Morgan fingerprint density at radius 1 is 0.741 bits per heavy atom. The fourth-order valence-electron chi connectivity index (χ4n) is 2.89. The molecule has 0 aliphatic rings. The summed E-state index contributed by atoms with van der Waals surface area (Å²) >= 11 is 0. The largest absolute Gasteiger partial charge is 0.359 e. The zero-order valence-corrected chi connectivity index (χ0v) is 18.5. The zero-order valence-electron chi connectivity index (χ0n) is 18.5. The van der Waals surface area contributed by atoms with E-state index >= 15 is 0 Å². The SMILES string of the molecule is CCCCCC[C@@H](C)/C=C/C=C/C(CCCC(OCC)OCC)OCOC. The lowest BCUT2D eigenvalue weighted by Gasteiger charge is -2.18. The molecule has 2 atom stereocenters. The fourth-order valence-corrected chi connectivity index (χ4v) is 2.89. The van der Waals surface area contributed by atoms with Crippen LogP contribution < -0.4 is 0 Å². The van der Waals surface area contributed by atoms with Crippen molar-refractivity contribution in [3.8, 4) is 0 Å². The lowest BCUT2D eigenvalue weighted by molar-refractivity contribution is -0.141. The van der Waals surface area contributed by atoms with Gasteiger partial charge in [-0.25, -0.2) is 0 Å². The molecule has 0 aliphatic heterocycles. The summed E-state index contributed by atoms with van der Waals surface area (Å²) in [6, 6.07) is 0. The highest BCUT2D eigenvalue weighted by molar-refractivity contribution is 5.06. The highest BCUT2D eigenvalue weighted by Gasteiger charge is 2.10. The molecule has 0 aromatic rings. The van der Waals surface area contributed by atoms with Crippen molar-refractivity contribution in [1.29, 1.82) is 0 Å². The Hall–Kier alpha value is -0.680. The van der Waals surface area contributed by atoms with Gasteiger partial charge in [-0.05, 0) is 45.4 Å². The quantitative estimate of drug-likeness (QED) is 0.149. The molecule has 0 saturated carbocycles. The number of methoxy groups -OCH3 is 1. The molecule has 4 nitrogen and oxygen atoms in total. The third-order valence-electron chi connectivity index (χ3n) is 4.42. The Balaban J connectivity index is 4.25. The Bertz CT molecular complexity index is 348. The van der Waals surface area contributed by atoms with Crippen molar-refractivity contribution >= 4 is 0 Å². The predicted molar refractivity (Wildman–Crippen MR) is 114 cm³/mol. The zero-order chi connectivity index (χ0) is 20.2. The average Bonchev–Trinajstić information content (AvgIpc) is 2.66. The van der Waals surface area contributed by atoms with E-state index in [-0.39, 0.29) is 12.4 Å². The normalized spacial score (nSPS) is 14.6. The number of rotatable bonds is 19. The van der Waals surface area contributed by atoms with Gasteiger partial charge in [0, 0.05) is 20.3 Å². The number of hydrogen-bond acceptors (Lipinski definition) is 4. The molecular weight excluding hydrogens is 340 g/mol. The molecule has 27 heavy (non-hydrogen) atoms. The molecule has 1 unspecified atom stereocenters. The second-order valence-electron chi connectivity index (χ2n) is 6.98. The van der Waals surface area contributed by atoms with Crippen LogP contribution in [-0.4, -0.2) is 39.5 Å². The number of ether oxygens (including phenoxy) is 4. The number of unbranched alkanes of at least 4 members (excludes halogenated alkanes) is 3. The molecule has 0 N–H and O–H groups in total. The van der Waals surface area contributed by atoms with Crippen LogP contribution >= 0.6 is 0 Å². The summed E-state index contributed by atoms with van der Waals surface area (Å²) in [5.41, 5.74) is 0. The van der Waals surface area contributed by atoms with Crippen molar-refractivity contribution in [2.75, 3.05) is 27.1 Å². The average molecular weight is 385 g/mol. The van der Waals surface area contributed by atoms with Gasteiger partial charge in [0.05, 0.1) is 6.10 Å². The molecule has 0 rings (SSSR count). The van der Waals surface area contributed by atoms with Crippen molar-refractivity contribution in [1.82, 2.24) is 0 Å². The summed E-state index contributed by atoms with van der Waals surface area (Å²) in [5, 5.41) is 0. The Kier molecular flexibility index (Phi) is 19.6. The summed E-state index contributed by atoms with van der Waals surface area (Å²) in [4.78, 5) is 0. The van der Waals surface area contributed by atoms with Gasteiger partial charge in [-0.1, -0.05) is 63.8 Å². The third-order valence-corrected chi connectivity index (χ3v) is 4.42. The van der Waals surface area contributed by atoms with Crippen LogP contribution in [0.2, 0.25) is 0 Å². The van der Waals surface area contributed by atoms with Gasteiger partial charge in [-0.3, -0.25) is 0 Å². The second kappa shape index (κ2) is 20.1. The molecule has 0 heterocycles. The van der Waals surface area contributed by atoms with E-state index in [0.717, 1.165) is 19.3 Å². The maximum atomic E-state index is 5.77. The van der Waals surface area contributed by atoms with Crippen LogP contribution in [0.5, 0.6) is 0 Å². The highest BCUT2D eigenvalue weighted by atomic mass is 16.7. The van der Waals surface area contributed by atoms with Crippen molar-refractivity contribution in [2.24, 2.45) is 5.92 Å². The van der Waals surface area contributed by atoms with E-state index < -0.39 is 0 Å². The molecule has 0 aromatic heterocycles. The second-order valence-corrected chi connectivity index (χ2v) is 6.98. The minimum atomic E-state index is -0.111. The van der Waals surface area contributed by atoms with Crippen LogP contribution in [0.4, 0.5) is 0 Å². The number of hydrogen-bond donors (Lipinski definition) is 0. The molecule has 0 aromatic carbocycles. The molecule has 0 saturated heterocycles. The van der Waals surface area contributed by atoms with Gasteiger partial charge >= 0.3 is 0 Å². The lowest BCUT2D eigenvalue weighted by Crippen LogP contribution is -2.19. The molecule has 0 spiro atoms. The summed E-state index contributed by atoms with van der Waals surface area (Å²) in [6.07, 6.45) is 18.0. The van der Waals surface area contributed by atoms with Gasteiger partial charge in [0.2, 0.25) is 0 Å². The first kappa shape index (κ1) is 26.3. The van der Waals surface area contributed by atoms with Crippen LogP contribution in [0.1, 0.15) is 79.1 Å². The monoisotopic (exact) mass is 384 g/mol. The summed E-state index contributed by atoms with van der Waals surface area (Å²) in [7, 11) is 1.65. The van der Waals surface area contributed by atoms with Crippen LogP contribution in [0, 0.1) is 5.92 Å². The molecule has 0 radical (unpaired) electrons. The van der Waals surface area contributed by atoms with Crippen molar-refractivity contribution in [3.05, 3.63) is 24.3 Å². The minimum absolute atomic E-state index is 0.0540. The molecule has 0 aliphatic carbocycles. The first-order valence-electron chi connectivity index (χ1n) is 10.9. The van der Waals surface area contributed by atoms with E-state index in [9.17, 15) is 0 Å². The molecular formula is C23H44O4. The topological polar surface area (TPSA) is 36.9 Å². The maximum absolute atomic E-state index is 5.77. The van der Waals surface area contributed by atoms with Gasteiger partial charge in [0.15, 0.2) is 6.29 Å². The standard InChI is InChI=1S/C23H44O4/c1-6-9-10-11-15-21(4)16-12-13-17-22(27-20-24-5)18-14-19-23(25-7-2)26-8-3/h12-13,16-17,21-23H,6-11,14-15,18-20H2,1-5H3/b16-12+,17-13+/t21-,22?/m1/s1. The van der Waals surface area contributed by atoms with Gasteiger partial charge in [0.25, 0.3) is 0 Å². The fraction of sp³-hybridized carbons (Fsp3) is 0.826. The van der Waals surface area contributed by atoms with E-state index in [1.165, 1.54) is 32.1 Å². The van der Waals surface area contributed by atoms with E-state index in [1.807, 2.05) is 13.8 Å². The Morgan fingerprint density at radius 3 is 2.07 bits per heavy atom. The maximum Gasteiger partial charge on any atom is 0.157 e. The van der Waals surface area contributed by atoms with Gasteiger partial charge in [0.1, 0.15) is 6.79 Å². The summed E-state index contributed by atoms with van der Waals surface area (Å²) in [6.45, 7) is 10.2. The first-order chi connectivity index (χ1) is 13.2. The van der Waals surface area contributed by atoms with E-state index in [0.29, 0.717) is 25.9 Å².